The lowest BCUT2D eigenvalue weighted by Gasteiger charge is -2.47. The quantitative estimate of drug-likeness (QED) is 0.0946. The number of benzene rings is 3. The highest BCUT2D eigenvalue weighted by Gasteiger charge is 2.39. The van der Waals surface area contributed by atoms with Gasteiger partial charge in [0.25, 0.3) is 0 Å². The Bertz CT molecular complexity index is 2530. The first-order chi connectivity index (χ1) is 32.7. The predicted molar refractivity (Wildman–Crippen MR) is 262 cm³/mol. The first-order valence-electron chi connectivity index (χ1n) is 24.0. The number of carbonyl (C=O) groups is 4. The Balaban J connectivity index is 0.689. The van der Waals surface area contributed by atoms with Crippen LogP contribution >= 0.6 is 11.3 Å². The predicted octanol–water partition coefficient (Wildman–Crippen LogP) is 7.88. The maximum absolute atomic E-state index is 13.6. The van der Waals surface area contributed by atoms with Crippen molar-refractivity contribution in [3.63, 3.8) is 0 Å². The van der Waals surface area contributed by atoms with Gasteiger partial charge in [-0.25, -0.2) is 4.98 Å². The van der Waals surface area contributed by atoms with Crippen LogP contribution in [0.25, 0.3) is 10.4 Å². The van der Waals surface area contributed by atoms with Crippen molar-refractivity contribution >= 4 is 46.5 Å². The average molecular weight is 917 g/mol. The van der Waals surface area contributed by atoms with Gasteiger partial charge < -0.3 is 25.3 Å². The van der Waals surface area contributed by atoms with E-state index in [1.54, 1.807) is 17.5 Å². The lowest BCUT2D eigenvalue weighted by molar-refractivity contribution is -0.135. The summed E-state index contributed by atoms with van der Waals surface area (Å²) in [7, 11) is 0. The maximum Gasteiger partial charge on any atom is 0.247 e. The molecular formula is C54H60N8O4S. The topological polar surface area (TPSA) is 151 Å². The van der Waals surface area contributed by atoms with Gasteiger partial charge in [-0.15, -0.1) is 11.3 Å². The Morgan fingerprint density at radius 2 is 1.57 bits per heavy atom. The van der Waals surface area contributed by atoms with Crippen molar-refractivity contribution in [2.45, 2.75) is 76.2 Å². The van der Waals surface area contributed by atoms with Crippen molar-refractivity contribution in [3.8, 4) is 16.5 Å². The van der Waals surface area contributed by atoms with Crippen LogP contribution in [0.1, 0.15) is 90.5 Å². The number of amides is 4. The molecule has 4 aliphatic heterocycles. The summed E-state index contributed by atoms with van der Waals surface area (Å²) in [4.78, 5) is 65.0. The van der Waals surface area contributed by atoms with E-state index in [2.05, 4.69) is 78.1 Å². The Morgan fingerprint density at radius 1 is 0.836 bits per heavy atom. The second kappa shape index (κ2) is 21.2. The molecule has 3 N–H and O–H groups in total. The van der Waals surface area contributed by atoms with E-state index in [-0.39, 0.29) is 29.5 Å². The largest absolute Gasteiger partial charge is 0.372 e. The van der Waals surface area contributed by atoms with Gasteiger partial charge in [-0.05, 0) is 141 Å². The number of aromatic nitrogens is 1. The number of thiophene rings is 1. The van der Waals surface area contributed by atoms with Gasteiger partial charge in [0.1, 0.15) is 11.9 Å². The number of likely N-dealkylation sites (tertiary alicyclic amines) is 2. The number of hydrogen-bond donors (Lipinski definition) is 3. The third-order valence-electron chi connectivity index (χ3n) is 14.7. The summed E-state index contributed by atoms with van der Waals surface area (Å²) in [6, 6.07) is 35.0. The molecule has 67 heavy (non-hydrogen) atoms. The lowest BCUT2D eigenvalue weighted by atomic mass is 9.71. The fourth-order valence-electron chi connectivity index (χ4n) is 10.4. The molecule has 13 heteroatoms. The first-order valence-corrected chi connectivity index (χ1v) is 24.8. The second-order valence-electron chi connectivity index (χ2n) is 18.9. The molecule has 346 valence electrons. The standard InChI is InChI=1S/C54H60N8O4S/c55-35-39-8-6-38(7-9-39)20-27-56-51(42-4-2-1-3-5-42)53(66)58-48-18-12-43(36-57-48)47-17-15-45(67-47)34-50(64)62-32-25-54(26-33-62)23-30-60(31-24-54)37-40-21-28-61(29-22-40)44-13-10-41(11-14-44)46-16-19-49(63)59-52(46)65/h1-15,17-18,36,40,46,51,56H,16,19-34,37H2,(H,57,58,66)(H,59,63,65). The average Bonchev–Trinajstić information content (AvgIpc) is 3.83. The van der Waals surface area contributed by atoms with Crippen molar-refractivity contribution in [2.24, 2.45) is 11.3 Å². The number of imide groups is 1. The molecule has 4 saturated heterocycles. The van der Waals surface area contributed by atoms with E-state index < -0.39 is 6.04 Å². The zero-order valence-electron chi connectivity index (χ0n) is 38.1. The molecule has 2 atom stereocenters. The molecule has 0 radical (unpaired) electrons. The van der Waals surface area contributed by atoms with Gasteiger partial charge in [0.15, 0.2) is 0 Å². The van der Waals surface area contributed by atoms with E-state index in [0.29, 0.717) is 54.9 Å². The molecule has 4 amide bonds. The Labute approximate surface area is 397 Å². The minimum atomic E-state index is -0.572. The Hall–Kier alpha value is -6.20. The van der Waals surface area contributed by atoms with E-state index in [9.17, 15) is 19.2 Å². The molecule has 0 saturated carbocycles. The number of rotatable bonds is 14. The monoisotopic (exact) mass is 916 g/mol. The SMILES string of the molecule is N#Cc1ccc(CCNC(C(=O)Nc2ccc(-c3ccc(CC(=O)N4CCC5(CCN(CC6CCN(c7ccc(C8CCC(=O)NC8=O)cc7)CC6)CC5)CC4)s3)cn2)c2ccccc2)cc1. The molecule has 2 aromatic heterocycles. The summed E-state index contributed by atoms with van der Waals surface area (Å²) in [5.41, 5.74) is 6.04. The third kappa shape index (κ3) is 11.5. The van der Waals surface area contributed by atoms with Gasteiger partial charge in [0.2, 0.25) is 23.6 Å². The summed E-state index contributed by atoms with van der Waals surface area (Å²) >= 11 is 1.62. The van der Waals surface area contributed by atoms with Gasteiger partial charge in [0, 0.05) is 72.9 Å². The molecule has 3 aromatic carbocycles. The number of anilines is 2. The zero-order valence-corrected chi connectivity index (χ0v) is 38.9. The molecule has 4 fully saturated rings. The van der Waals surface area contributed by atoms with Crippen LogP contribution in [0.4, 0.5) is 11.5 Å². The normalized spacial score (nSPS) is 19.4. The third-order valence-corrected chi connectivity index (χ3v) is 15.8. The van der Waals surface area contributed by atoms with Crippen molar-refractivity contribution in [3.05, 3.63) is 136 Å². The number of hydrogen-bond acceptors (Lipinski definition) is 10. The van der Waals surface area contributed by atoms with E-state index in [1.165, 1.54) is 37.9 Å². The van der Waals surface area contributed by atoms with Gasteiger partial charge in [0.05, 0.1) is 24.0 Å². The number of nitrogens with one attached hydrogen (secondary N) is 3. The zero-order chi connectivity index (χ0) is 46.2. The number of nitriles is 1. The van der Waals surface area contributed by atoms with Crippen LogP contribution in [-0.2, 0) is 32.0 Å². The Kier molecular flexibility index (Phi) is 14.5. The van der Waals surface area contributed by atoms with Crippen molar-refractivity contribution in [1.29, 1.82) is 5.26 Å². The fraction of sp³-hybridized carbons (Fsp3) is 0.407. The molecule has 5 aromatic rings. The summed E-state index contributed by atoms with van der Waals surface area (Å²) in [6.07, 6.45) is 10.8. The molecule has 6 heterocycles. The van der Waals surface area contributed by atoms with Crippen LogP contribution in [0.2, 0.25) is 0 Å². The van der Waals surface area contributed by atoms with Crippen LogP contribution in [-0.4, -0.2) is 90.8 Å². The van der Waals surface area contributed by atoms with Crippen LogP contribution in [0.3, 0.4) is 0 Å². The summed E-state index contributed by atoms with van der Waals surface area (Å²) in [5.74, 6) is 0.570. The van der Waals surface area contributed by atoms with Gasteiger partial charge in [-0.2, -0.15) is 5.26 Å². The molecule has 9 rings (SSSR count). The van der Waals surface area contributed by atoms with Gasteiger partial charge >= 0.3 is 0 Å². The maximum atomic E-state index is 13.6. The molecule has 0 bridgehead atoms. The summed E-state index contributed by atoms with van der Waals surface area (Å²) < 4.78 is 0. The van der Waals surface area contributed by atoms with Crippen molar-refractivity contribution < 1.29 is 19.2 Å². The van der Waals surface area contributed by atoms with Crippen LogP contribution in [0.15, 0.2) is 109 Å². The minimum absolute atomic E-state index is 0.177. The molecule has 0 aliphatic carbocycles. The van der Waals surface area contributed by atoms with E-state index >= 15 is 0 Å². The van der Waals surface area contributed by atoms with Gasteiger partial charge in [-0.1, -0.05) is 54.6 Å². The van der Waals surface area contributed by atoms with Crippen molar-refractivity contribution in [2.75, 3.05) is 62.6 Å². The molecule has 2 unspecified atom stereocenters. The van der Waals surface area contributed by atoms with Crippen LogP contribution < -0.4 is 20.9 Å². The minimum Gasteiger partial charge on any atom is -0.372 e. The highest BCUT2D eigenvalue weighted by Crippen LogP contribution is 2.42. The van der Waals surface area contributed by atoms with E-state index in [1.807, 2.05) is 66.7 Å². The number of pyridine rings is 1. The Morgan fingerprint density at radius 3 is 2.25 bits per heavy atom. The lowest BCUT2D eigenvalue weighted by Crippen LogP contribution is -2.49. The van der Waals surface area contributed by atoms with Crippen molar-refractivity contribution in [1.82, 2.24) is 25.4 Å². The summed E-state index contributed by atoms with van der Waals surface area (Å²) in [6.45, 7) is 7.78. The molecule has 1 spiro atoms. The molecule has 4 aliphatic rings. The fourth-order valence-corrected chi connectivity index (χ4v) is 11.4. The molecule has 12 nitrogen and oxygen atoms in total. The van der Waals surface area contributed by atoms with Crippen LogP contribution in [0, 0.1) is 22.7 Å². The van der Waals surface area contributed by atoms with E-state index in [4.69, 9.17) is 5.26 Å². The number of carbonyl (C=O) groups excluding carboxylic acids is 4. The smallest absolute Gasteiger partial charge is 0.247 e. The first kappa shape index (κ1) is 45.9. The second-order valence-corrected chi connectivity index (χ2v) is 20.1. The molecular weight excluding hydrogens is 857 g/mol. The van der Waals surface area contributed by atoms with Crippen LogP contribution in [0.5, 0.6) is 0 Å². The van der Waals surface area contributed by atoms with E-state index in [0.717, 1.165) is 84.1 Å². The highest BCUT2D eigenvalue weighted by atomic mass is 32.1. The summed E-state index contributed by atoms with van der Waals surface area (Å²) in [5, 5.41) is 18.0. The van der Waals surface area contributed by atoms with Gasteiger partial charge in [-0.3, -0.25) is 24.5 Å². The highest BCUT2D eigenvalue weighted by molar-refractivity contribution is 7.15. The number of piperidine rings is 4. The number of nitrogens with zero attached hydrogens (tertiary/aromatic N) is 5.